The van der Waals surface area contributed by atoms with E-state index in [0.717, 1.165) is 11.3 Å². The van der Waals surface area contributed by atoms with Crippen LogP contribution in [0.15, 0.2) is 47.0 Å². The Labute approximate surface area is 95.0 Å². The van der Waals surface area contributed by atoms with Crippen LogP contribution < -0.4 is 0 Å². The summed E-state index contributed by atoms with van der Waals surface area (Å²) in [6.45, 7) is 4.45. The molecule has 0 bridgehead atoms. The Bertz CT molecular complexity index is 495. The van der Waals surface area contributed by atoms with E-state index in [1.807, 2.05) is 31.2 Å². The molecule has 16 heavy (non-hydrogen) atoms. The van der Waals surface area contributed by atoms with E-state index in [9.17, 15) is 4.39 Å². The minimum Gasteiger partial charge on any atom is -0.281 e. The molecule has 0 amide bonds. The molecule has 1 aromatic rings. The molecule has 0 N–H and O–H groups in total. The standard InChI is InChI=1S/C14H14FN/c1-10-3-6-14(16-8-7-10)12-5-4-11(2)13(15)9-12/h3-7,9H,8H2,1-2H3. The highest BCUT2D eigenvalue weighted by molar-refractivity contribution is 6.09. The predicted octanol–water partition coefficient (Wildman–Crippen LogP) is 3.44. The lowest BCUT2D eigenvalue weighted by Gasteiger charge is -2.02. The van der Waals surface area contributed by atoms with Gasteiger partial charge in [0.25, 0.3) is 0 Å². The fourth-order valence-electron chi connectivity index (χ4n) is 1.56. The molecule has 2 heteroatoms. The first kappa shape index (κ1) is 10.8. The summed E-state index contributed by atoms with van der Waals surface area (Å²) in [5, 5.41) is 0. The Morgan fingerprint density at radius 2 is 2.00 bits per heavy atom. The van der Waals surface area contributed by atoms with Crippen LogP contribution in [-0.4, -0.2) is 12.3 Å². The van der Waals surface area contributed by atoms with Gasteiger partial charge in [0.05, 0.1) is 12.3 Å². The third-order valence-electron chi connectivity index (χ3n) is 2.65. The van der Waals surface area contributed by atoms with Gasteiger partial charge in [-0.05, 0) is 31.6 Å². The fourth-order valence-corrected chi connectivity index (χ4v) is 1.56. The van der Waals surface area contributed by atoms with Gasteiger partial charge >= 0.3 is 0 Å². The van der Waals surface area contributed by atoms with E-state index in [1.165, 1.54) is 5.57 Å². The van der Waals surface area contributed by atoms with Crippen LogP contribution in [0.5, 0.6) is 0 Å². The van der Waals surface area contributed by atoms with Crippen LogP contribution in [0.3, 0.4) is 0 Å². The van der Waals surface area contributed by atoms with E-state index in [2.05, 4.69) is 4.99 Å². The van der Waals surface area contributed by atoms with Crippen molar-refractivity contribution in [3.05, 3.63) is 58.9 Å². The van der Waals surface area contributed by atoms with Gasteiger partial charge in [0.2, 0.25) is 0 Å². The molecule has 0 saturated carbocycles. The Morgan fingerprint density at radius 3 is 2.75 bits per heavy atom. The van der Waals surface area contributed by atoms with E-state index < -0.39 is 0 Å². The molecule has 0 fully saturated rings. The summed E-state index contributed by atoms with van der Waals surface area (Å²) >= 11 is 0. The molecule has 0 saturated heterocycles. The highest BCUT2D eigenvalue weighted by Crippen LogP contribution is 2.13. The van der Waals surface area contributed by atoms with Crippen molar-refractivity contribution in [2.24, 2.45) is 4.99 Å². The number of nitrogens with zero attached hydrogens (tertiary/aromatic N) is 1. The maximum Gasteiger partial charge on any atom is 0.126 e. The molecule has 1 heterocycles. The average Bonchev–Trinajstić information content (AvgIpc) is 2.47. The van der Waals surface area contributed by atoms with Gasteiger partial charge in [0.15, 0.2) is 0 Å². The lowest BCUT2D eigenvalue weighted by atomic mass is 10.1. The maximum atomic E-state index is 13.4. The Hall–Kier alpha value is -1.70. The van der Waals surface area contributed by atoms with E-state index in [4.69, 9.17) is 0 Å². The summed E-state index contributed by atoms with van der Waals surface area (Å²) in [6, 6.07) is 5.23. The summed E-state index contributed by atoms with van der Waals surface area (Å²) in [7, 11) is 0. The summed E-state index contributed by atoms with van der Waals surface area (Å²) in [6.07, 6.45) is 5.99. The van der Waals surface area contributed by atoms with Crippen molar-refractivity contribution in [1.82, 2.24) is 0 Å². The van der Waals surface area contributed by atoms with Crippen molar-refractivity contribution >= 4 is 5.71 Å². The first-order valence-electron chi connectivity index (χ1n) is 5.32. The van der Waals surface area contributed by atoms with E-state index >= 15 is 0 Å². The van der Waals surface area contributed by atoms with Crippen LogP contribution in [0, 0.1) is 12.7 Å². The SMILES string of the molecule is CC1=CCN=C(c2ccc(C)c(F)c2)C=C1. The zero-order valence-corrected chi connectivity index (χ0v) is 9.50. The van der Waals surface area contributed by atoms with Crippen LogP contribution in [0.25, 0.3) is 0 Å². The second-order valence-electron chi connectivity index (χ2n) is 3.97. The minimum atomic E-state index is -0.178. The number of aryl methyl sites for hydroxylation is 1. The van der Waals surface area contributed by atoms with Gasteiger partial charge in [-0.2, -0.15) is 0 Å². The topological polar surface area (TPSA) is 12.4 Å². The number of halogens is 1. The van der Waals surface area contributed by atoms with Crippen molar-refractivity contribution in [3.63, 3.8) is 0 Å². The average molecular weight is 215 g/mol. The minimum absolute atomic E-state index is 0.178. The van der Waals surface area contributed by atoms with Crippen LogP contribution in [0.2, 0.25) is 0 Å². The third-order valence-corrected chi connectivity index (χ3v) is 2.65. The van der Waals surface area contributed by atoms with Crippen molar-refractivity contribution < 1.29 is 4.39 Å². The molecule has 1 aliphatic rings. The number of benzene rings is 1. The van der Waals surface area contributed by atoms with E-state index in [0.29, 0.717) is 12.1 Å². The van der Waals surface area contributed by atoms with Gasteiger partial charge in [-0.15, -0.1) is 0 Å². The Morgan fingerprint density at radius 1 is 1.19 bits per heavy atom. The van der Waals surface area contributed by atoms with Gasteiger partial charge in [0, 0.05) is 5.56 Å². The summed E-state index contributed by atoms with van der Waals surface area (Å²) in [5.74, 6) is -0.178. The molecule has 0 radical (unpaired) electrons. The van der Waals surface area contributed by atoms with Crippen molar-refractivity contribution in [1.29, 1.82) is 0 Å². The van der Waals surface area contributed by atoms with Gasteiger partial charge < -0.3 is 0 Å². The quantitative estimate of drug-likeness (QED) is 0.680. The number of rotatable bonds is 1. The highest BCUT2D eigenvalue weighted by Gasteiger charge is 2.04. The van der Waals surface area contributed by atoms with Crippen LogP contribution in [-0.2, 0) is 0 Å². The molecule has 1 aliphatic heterocycles. The number of allylic oxidation sites excluding steroid dienone is 3. The van der Waals surface area contributed by atoms with Crippen molar-refractivity contribution in [3.8, 4) is 0 Å². The molecule has 1 nitrogen and oxygen atoms in total. The summed E-state index contributed by atoms with van der Waals surface area (Å²) < 4.78 is 13.4. The van der Waals surface area contributed by atoms with Gasteiger partial charge in [-0.1, -0.05) is 29.9 Å². The first-order valence-corrected chi connectivity index (χ1v) is 5.32. The molecule has 0 aromatic heterocycles. The molecule has 82 valence electrons. The first-order chi connectivity index (χ1) is 7.66. The summed E-state index contributed by atoms with van der Waals surface area (Å²) in [5.41, 5.74) is 3.53. The summed E-state index contributed by atoms with van der Waals surface area (Å²) in [4.78, 5) is 4.40. The van der Waals surface area contributed by atoms with E-state index in [1.54, 1.807) is 19.1 Å². The van der Waals surface area contributed by atoms with Crippen molar-refractivity contribution in [2.75, 3.05) is 6.54 Å². The number of hydrogen-bond acceptors (Lipinski definition) is 1. The predicted molar refractivity (Wildman–Crippen MR) is 65.4 cm³/mol. The third kappa shape index (κ3) is 2.27. The Balaban J connectivity index is 2.35. The number of aliphatic imine (C=N–C) groups is 1. The second kappa shape index (κ2) is 4.44. The zero-order chi connectivity index (χ0) is 11.5. The second-order valence-corrected chi connectivity index (χ2v) is 3.97. The van der Waals surface area contributed by atoms with Gasteiger partial charge in [-0.3, -0.25) is 4.99 Å². The molecule has 0 atom stereocenters. The van der Waals surface area contributed by atoms with Gasteiger partial charge in [-0.25, -0.2) is 4.39 Å². The lowest BCUT2D eigenvalue weighted by Crippen LogP contribution is -1.98. The molecule has 2 rings (SSSR count). The van der Waals surface area contributed by atoms with Crippen LogP contribution >= 0.6 is 0 Å². The molecule has 0 unspecified atom stereocenters. The van der Waals surface area contributed by atoms with Crippen molar-refractivity contribution in [2.45, 2.75) is 13.8 Å². The van der Waals surface area contributed by atoms with Crippen LogP contribution in [0.4, 0.5) is 4.39 Å². The molecule has 0 aliphatic carbocycles. The number of hydrogen-bond donors (Lipinski definition) is 0. The molecule has 0 spiro atoms. The smallest absolute Gasteiger partial charge is 0.126 e. The Kier molecular flexibility index (Phi) is 3.00. The molecule has 1 aromatic carbocycles. The zero-order valence-electron chi connectivity index (χ0n) is 9.50. The van der Waals surface area contributed by atoms with Crippen LogP contribution in [0.1, 0.15) is 18.1 Å². The fraction of sp³-hybridized carbons (Fsp3) is 0.214. The molecular formula is C14H14FN. The monoisotopic (exact) mass is 215 g/mol. The van der Waals surface area contributed by atoms with Gasteiger partial charge in [0.1, 0.15) is 5.82 Å². The van der Waals surface area contributed by atoms with E-state index in [-0.39, 0.29) is 5.82 Å². The normalized spacial score (nSPS) is 15.4. The lowest BCUT2D eigenvalue weighted by molar-refractivity contribution is 0.618. The highest BCUT2D eigenvalue weighted by atomic mass is 19.1. The largest absolute Gasteiger partial charge is 0.281 e. The molecular weight excluding hydrogens is 201 g/mol. The maximum absolute atomic E-state index is 13.4.